The van der Waals surface area contributed by atoms with E-state index in [0.29, 0.717) is 12.8 Å². The van der Waals surface area contributed by atoms with E-state index in [9.17, 15) is 4.79 Å². The molecule has 0 aliphatic heterocycles. The lowest BCUT2D eigenvalue weighted by Gasteiger charge is -2.16. The number of anilines is 1. The minimum absolute atomic E-state index is 0.0501. The quantitative estimate of drug-likeness (QED) is 0.663. The van der Waals surface area contributed by atoms with E-state index in [2.05, 4.69) is 5.92 Å². The number of hydrogen-bond acceptors (Lipinski definition) is 1. The van der Waals surface area contributed by atoms with Crippen molar-refractivity contribution in [3.8, 4) is 12.3 Å². The maximum Gasteiger partial charge on any atom is 0.227 e. The highest BCUT2D eigenvalue weighted by Gasteiger charge is 2.08. The fraction of sp³-hybridized carbons (Fsp3) is 0.250. The summed E-state index contributed by atoms with van der Waals surface area (Å²) >= 11 is 0. The van der Waals surface area contributed by atoms with Crippen LogP contribution in [0.15, 0.2) is 30.3 Å². The van der Waals surface area contributed by atoms with Gasteiger partial charge >= 0.3 is 0 Å². The van der Waals surface area contributed by atoms with Crippen molar-refractivity contribution in [1.82, 2.24) is 0 Å². The highest BCUT2D eigenvalue weighted by molar-refractivity contribution is 5.92. The van der Waals surface area contributed by atoms with E-state index >= 15 is 0 Å². The second-order valence-corrected chi connectivity index (χ2v) is 2.99. The Balaban J connectivity index is 2.62. The summed E-state index contributed by atoms with van der Waals surface area (Å²) in [6.07, 6.45) is 6.00. The summed E-state index contributed by atoms with van der Waals surface area (Å²) < 4.78 is 0. The van der Waals surface area contributed by atoms with Gasteiger partial charge < -0.3 is 4.90 Å². The summed E-state index contributed by atoms with van der Waals surface area (Å²) in [5.41, 5.74) is 0.898. The summed E-state index contributed by atoms with van der Waals surface area (Å²) in [7, 11) is 1.76. The minimum atomic E-state index is 0.0501. The first-order chi connectivity index (χ1) is 6.75. The summed E-state index contributed by atoms with van der Waals surface area (Å²) in [6, 6.07) is 9.52. The predicted octanol–water partition coefficient (Wildman–Crippen LogP) is 2.06. The van der Waals surface area contributed by atoms with Crippen LogP contribution < -0.4 is 4.90 Å². The minimum Gasteiger partial charge on any atom is -0.315 e. The predicted molar refractivity (Wildman–Crippen MR) is 57.9 cm³/mol. The highest BCUT2D eigenvalue weighted by Crippen LogP contribution is 2.12. The highest BCUT2D eigenvalue weighted by atomic mass is 16.2. The zero-order valence-electron chi connectivity index (χ0n) is 8.23. The number of nitrogens with zero attached hydrogens (tertiary/aromatic N) is 1. The molecule has 0 heterocycles. The maximum absolute atomic E-state index is 11.5. The van der Waals surface area contributed by atoms with E-state index < -0.39 is 0 Å². The smallest absolute Gasteiger partial charge is 0.227 e. The first kappa shape index (κ1) is 10.3. The number of hydrogen-bond donors (Lipinski definition) is 0. The van der Waals surface area contributed by atoms with Crippen LogP contribution in [-0.4, -0.2) is 13.0 Å². The molecule has 0 saturated carbocycles. The number of terminal acetylenes is 1. The summed E-state index contributed by atoms with van der Waals surface area (Å²) in [5.74, 6) is 2.51. The SMILES string of the molecule is C#CCCC(=O)N(C)c1ccccc1. The standard InChI is InChI=1S/C12H13NO/c1-3-4-10-12(14)13(2)11-8-6-5-7-9-11/h1,5-9H,4,10H2,2H3. The van der Waals surface area contributed by atoms with Crippen molar-refractivity contribution >= 4 is 11.6 Å². The van der Waals surface area contributed by atoms with Crippen LogP contribution in [-0.2, 0) is 4.79 Å². The molecular formula is C12H13NO. The van der Waals surface area contributed by atoms with E-state index in [0.717, 1.165) is 5.69 Å². The molecule has 0 atom stereocenters. The van der Waals surface area contributed by atoms with Gasteiger partial charge in [0.25, 0.3) is 0 Å². The van der Waals surface area contributed by atoms with Crippen molar-refractivity contribution in [2.75, 3.05) is 11.9 Å². The molecule has 0 unspecified atom stereocenters. The van der Waals surface area contributed by atoms with Crippen molar-refractivity contribution < 1.29 is 4.79 Å². The molecule has 1 amide bonds. The van der Waals surface area contributed by atoms with Crippen LogP contribution in [0.2, 0.25) is 0 Å². The van der Waals surface area contributed by atoms with Gasteiger partial charge in [0.1, 0.15) is 0 Å². The van der Waals surface area contributed by atoms with Crippen LogP contribution in [0.5, 0.6) is 0 Å². The molecule has 0 aliphatic carbocycles. The maximum atomic E-state index is 11.5. The molecule has 0 spiro atoms. The van der Waals surface area contributed by atoms with Gasteiger partial charge in [-0.1, -0.05) is 18.2 Å². The molecule has 0 radical (unpaired) electrons. The van der Waals surface area contributed by atoms with Crippen molar-refractivity contribution in [2.45, 2.75) is 12.8 Å². The summed E-state index contributed by atoms with van der Waals surface area (Å²) in [5, 5.41) is 0. The van der Waals surface area contributed by atoms with Crippen molar-refractivity contribution in [2.24, 2.45) is 0 Å². The first-order valence-corrected chi connectivity index (χ1v) is 4.51. The summed E-state index contributed by atoms with van der Waals surface area (Å²) in [4.78, 5) is 13.2. The van der Waals surface area contributed by atoms with E-state index in [1.54, 1.807) is 11.9 Å². The largest absolute Gasteiger partial charge is 0.315 e. The van der Waals surface area contributed by atoms with Crippen molar-refractivity contribution in [3.63, 3.8) is 0 Å². The average molecular weight is 187 g/mol. The Hall–Kier alpha value is -1.75. The second-order valence-electron chi connectivity index (χ2n) is 2.99. The third kappa shape index (κ3) is 2.63. The van der Waals surface area contributed by atoms with Crippen LogP contribution in [0.4, 0.5) is 5.69 Å². The molecule has 2 heteroatoms. The molecule has 0 aliphatic rings. The lowest BCUT2D eigenvalue weighted by molar-refractivity contribution is -0.118. The summed E-state index contributed by atoms with van der Waals surface area (Å²) in [6.45, 7) is 0. The number of para-hydroxylation sites is 1. The Kier molecular flexibility index (Phi) is 3.75. The molecule has 14 heavy (non-hydrogen) atoms. The molecule has 0 bridgehead atoms. The molecule has 0 aromatic heterocycles. The van der Waals surface area contributed by atoms with E-state index in [1.165, 1.54) is 0 Å². The Morgan fingerprint density at radius 2 is 2.07 bits per heavy atom. The lowest BCUT2D eigenvalue weighted by atomic mass is 10.2. The van der Waals surface area contributed by atoms with Gasteiger partial charge in [0, 0.05) is 25.6 Å². The number of carbonyl (C=O) groups excluding carboxylic acids is 1. The van der Waals surface area contributed by atoms with Gasteiger partial charge in [0.2, 0.25) is 5.91 Å². The number of amides is 1. The molecular weight excluding hydrogens is 174 g/mol. The Morgan fingerprint density at radius 1 is 1.43 bits per heavy atom. The Labute approximate surface area is 84.5 Å². The Bertz CT molecular complexity index is 337. The van der Waals surface area contributed by atoms with Gasteiger partial charge in [-0.3, -0.25) is 4.79 Å². The molecule has 2 nitrogen and oxygen atoms in total. The fourth-order valence-corrected chi connectivity index (χ4v) is 1.14. The van der Waals surface area contributed by atoms with Gasteiger partial charge in [-0.15, -0.1) is 12.3 Å². The van der Waals surface area contributed by atoms with Crippen LogP contribution in [0.1, 0.15) is 12.8 Å². The molecule has 72 valence electrons. The van der Waals surface area contributed by atoms with Crippen LogP contribution in [0.25, 0.3) is 0 Å². The number of carbonyl (C=O) groups is 1. The third-order valence-corrected chi connectivity index (χ3v) is 2.00. The molecule has 0 saturated heterocycles. The third-order valence-electron chi connectivity index (χ3n) is 2.00. The van der Waals surface area contributed by atoms with Crippen molar-refractivity contribution in [3.05, 3.63) is 30.3 Å². The zero-order chi connectivity index (χ0) is 10.4. The van der Waals surface area contributed by atoms with Crippen molar-refractivity contribution in [1.29, 1.82) is 0 Å². The van der Waals surface area contributed by atoms with Gasteiger partial charge in [0.05, 0.1) is 0 Å². The molecule has 1 aromatic carbocycles. The lowest BCUT2D eigenvalue weighted by Crippen LogP contribution is -2.25. The molecule has 1 aromatic rings. The Morgan fingerprint density at radius 3 is 2.64 bits per heavy atom. The normalized spacial score (nSPS) is 9.14. The van der Waals surface area contributed by atoms with Gasteiger partial charge in [-0.2, -0.15) is 0 Å². The van der Waals surface area contributed by atoms with Gasteiger partial charge in [0.15, 0.2) is 0 Å². The monoisotopic (exact) mass is 187 g/mol. The van der Waals surface area contributed by atoms with Crippen LogP contribution >= 0.6 is 0 Å². The second kappa shape index (κ2) is 5.08. The van der Waals surface area contributed by atoms with E-state index in [4.69, 9.17) is 6.42 Å². The molecule has 0 N–H and O–H groups in total. The van der Waals surface area contributed by atoms with Crippen LogP contribution in [0, 0.1) is 12.3 Å². The topological polar surface area (TPSA) is 20.3 Å². The average Bonchev–Trinajstić information content (AvgIpc) is 2.26. The first-order valence-electron chi connectivity index (χ1n) is 4.51. The van der Waals surface area contributed by atoms with Gasteiger partial charge in [-0.25, -0.2) is 0 Å². The van der Waals surface area contributed by atoms with E-state index in [-0.39, 0.29) is 5.91 Å². The zero-order valence-corrected chi connectivity index (χ0v) is 8.23. The number of rotatable bonds is 3. The van der Waals surface area contributed by atoms with Gasteiger partial charge in [-0.05, 0) is 12.1 Å². The molecule has 0 fully saturated rings. The fourth-order valence-electron chi connectivity index (χ4n) is 1.14. The van der Waals surface area contributed by atoms with E-state index in [1.807, 2.05) is 30.3 Å². The number of benzene rings is 1. The molecule has 1 rings (SSSR count). The van der Waals surface area contributed by atoms with Crippen LogP contribution in [0.3, 0.4) is 0 Å².